The van der Waals surface area contributed by atoms with Crippen LogP contribution in [0.3, 0.4) is 0 Å². The highest BCUT2D eigenvalue weighted by atomic mass is 16.5. The summed E-state index contributed by atoms with van der Waals surface area (Å²) in [5.41, 5.74) is 1.05. The van der Waals surface area contributed by atoms with Gasteiger partial charge >= 0.3 is 0 Å². The van der Waals surface area contributed by atoms with Crippen molar-refractivity contribution in [2.24, 2.45) is 7.05 Å². The lowest BCUT2D eigenvalue weighted by molar-refractivity contribution is -0.146. The van der Waals surface area contributed by atoms with Crippen LogP contribution in [0.25, 0.3) is 0 Å². The highest BCUT2D eigenvalue weighted by Crippen LogP contribution is 2.24. The van der Waals surface area contributed by atoms with E-state index in [0.29, 0.717) is 12.6 Å². The maximum Gasteiger partial charge on any atom is 0.117 e. The van der Waals surface area contributed by atoms with Crippen molar-refractivity contribution in [3.63, 3.8) is 0 Å². The monoisotopic (exact) mass is 308 g/mol. The molecule has 0 saturated carbocycles. The minimum atomic E-state index is -0.193. The molecule has 6 nitrogen and oxygen atoms in total. The number of hydrogen-bond acceptors (Lipinski definition) is 5. The van der Waals surface area contributed by atoms with Crippen LogP contribution in [-0.2, 0) is 23.1 Å². The summed E-state index contributed by atoms with van der Waals surface area (Å²) in [5, 5.41) is 4.26. The highest BCUT2D eigenvalue weighted by molar-refractivity contribution is 5.04. The Morgan fingerprint density at radius 1 is 1.27 bits per heavy atom. The second kappa shape index (κ2) is 6.66. The molecular formula is C16H28N4O2. The van der Waals surface area contributed by atoms with Crippen molar-refractivity contribution in [3.8, 4) is 0 Å². The third kappa shape index (κ3) is 3.68. The molecule has 1 spiro atoms. The Labute approximate surface area is 133 Å². The molecule has 2 aliphatic rings. The standard InChI is InChI=1S/C16H28N4O2/c1-14(2)20-5-7-22-16(12-20)11-19(4-6-21-13-16)10-15-8-17-18(3)9-15/h8-9,14H,4-7,10-13H2,1-3H3/t16-/m1/s1. The first-order valence-electron chi connectivity index (χ1n) is 8.22. The number of aryl methyl sites for hydroxylation is 1. The number of hydrogen-bond donors (Lipinski definition) is 0. The molecule has 0 amide bonds. The predicted octanol–water partition coefficient (Wildman–Crippen LogP) is 0.732. The van der Waals surface area contributed by atoms with Gasteiger partial charge in [-0.05, 0) is 13.8 Å². The largest absolute Gasteiger partial charge is 0.377 e. The number of morpholine rings is 1. The molecular weight excluding hydrogens is 280 g/mol. The second-order valence-corrected chi connectivity index (χ2v) is 6.88. The summed E-state index contributed by atoms with van der Waals surface area (Å²) in [7, 11) is 1.96. The fourth-order valence-corrected chi connectivity index (χ4v) is 3.43. The van der Waals surface area contributed by atoms with Crippen LogP contribution >= 0.6 is 0 Å². The zero-order valence-corrected chi connectivity index (χ0v) is 14.0. The van der Waals surface area contributed by atoms with E-state index >= 15 is 0 Å². The normalized spacial score (nSPS) is 28.4. The average Bonchev–Trinajstić information content (AvgIpc) is 2.79. The zero-order valence-electron chi connectivity index (χ0n) is 14.0. The topological polar surface area (TPSA) is 42.8 Å². The van der Waals surface area contributed by atoms with E-state index in [1.54, 1.807) is 0 Å². The van der Waals surface area contributed by atoms with E-state index < -0.39 is 0 Å². The Kier molecular flexibility index (Phi) is 4.82. The third-order valence-electron chi connectivity index (χ3n) is 4.60. The van der Waals surface area contributed by atoms with Crippen LogP contribution in [0.4, 0.5) is 0 Å². The Bertz CT molecular complexity index is 490. The summed E-state index contributed by atoms with van der Waals surface area (Å²) in [4.78, 5) is 4.94. The molecule has 1 atom stereocenters. The molecule has 1 aromatic rings. The first kappa shape index (κ1) is 15.9. The highest BCUT2D eigenvalue weighted by Gasteiger charge is 2.40. The first-order chi connectivity index (χ1) is 10.6. The maximum atomic E-state index is 6.21. The summed E-state index contributed by atoms with van der Waals surface area (Å²) in [5.74, 6) is 0. The van der Waals surface area contributed by atoms with Crippen molar-refractivity contribution >= 4 is 0 Å². The van der Waals surface area contributed by atoms with Crippen LogP contribution < -0.4 is 0 Å². The van der Waals surface area contributed by atoms with Crippen LogP contribution in [0.1, 0.15) is 19.4 Å². The van der Waals surface area contributed by atoms with Crippen LogP contribution in [0, 0.1) is 0 Å². The SMILES string of the molecule is CC(C)N1CCO[C@@]2(COCCN(Cc3cnn(C)c3)C2)C1. The van der Waals surface area contributed by atoms with Gasteiger partial charge in [-0.2, -0.15) is 5.10 Å². The van der Waals surface area contributed by atoms with Crippen LogP contribution in [0.5, 0.6) is 0 Å². The van der Waals surface area contributed by atoms with Crippen molar-refractivity contribution in [2.45, 2.75) is 32.0 Å². The molecule has 2 aliphatic heterocycles. The lowest BCUT2D eigenvalue weighted by atomic mass is 10.0. The maximum absolute atomic E-state index is 6.21. The lowest BCUT2D eigenvalue weighted by Gasteiger charge is -2.44. The minimum Gasteiger partial charge on any atom is -0.377 e. The number of aromatic nitrogens is 2. The molecule has 6 heteroatoms. The van der Waals surface area contributed by atoms with Crippen LogP contribution in [-0.4, -0.2) is 77.2 Å². The Morgan fingerprint density at radius 3 is 2.86 bits per heavy atom. The smallest absolute Gasteiger partial charge is 0.117 e. The molecule has 0 unspecified atom stereocenters. The van der Waals surface area contributed by atoms with E-state index in [2.05, 4.69) is 34.9 Å². The van der Waals surface area contributed by atoms with Gasteiger partial charge in [0.05, 0.1) is 26.0 Å². The van der Waals surface area contributed by atoms with E-state index in [0.717, 1.165) is 45.9 Å². The third-order valence-corrected chi connectivity index (χ3v) is 4.60. The number of nitrogens with zero attached hydrogens (tertiary/aromatic N) is 4. The fraction of sp³-hybridized carbons (Fsp3) is 0.812. The molecule has 3 rings (SSSR count). The molecule has 2 fully saturated rings. The van der Waals surface area contributed by atoms with E-state index in [1.807, 2.05) is 17.9 Å². The predicted molar refractivity (Wildman–Crippen MR) is 84.7 cm³/mol. The summed E-state index contributed by atoms with van der Waals surface area (Å²) >= 11 is 0. The Balaban J connectivity index is 1.69. The fourth-order valence-electron chi connectivity index (χ4n) is 3.43. The van der Waals surface area contributed by atoms with Crippen molar-refractivity contribution in [2.75, 3.05) is 46.0 Å². The second-order valence-electron chi connectivity index (χ2n) is 6.88. The van der Waals surface area contributed by atoms with Gasteiger partial charge in [-0.15, -0.1) is 0 Å². The van der Waals surface area contributed by atoms with Gasteiger partial charge in [-0.25, -0.2) is 0 Å². The van der Waals surface area contributed by atoms with Crippen molar-refractivity contribution < 1.29 is 9.47 Å². The van der Waals surface area contributed by atoms with Gasteiger partial charge in [-0.1, -0.05) is 0 Å². The molecule has 0 N–H and O–H groups in total. The number of rotatable bonds is 3. The van der Waals surface area contributed by atoms with E-state index in [1.165, 1.54) is 5.56 Å². The molecule has 0 aliphatic carbocycles. The van der Waals surface area contributed by atoms with E-state index in [-0.39, 0.29) is 5.60 Å². The minimum absolute atomic E-state index is 0.193. The Hall–Kier alpha value is -0.950. The van der Waals surface area contributed by atoms with E-state index in [9.17, 15) is 0 Å². The van der Waals surface area contributed by atoms with Gasteiger partial charge in [-0.3, -0.25) is 14.5 Å². The zero-order chi connectivity index (χ0) is 15.6. The summed E-state index contributed by atoms with van der Waals surface area (Å²) in [6, 6.07) is 0.552. The molecule has 22 heavy (non-hydrogen) atoms. The molecule has 2 saturated heterocycles. The number of ether oxygens (including phenoxy) is 2. The van der Waals surface area contributed by atoms with Gasteiger partial charge in [0.25, 0.3) is 0 Å². The summed E-state index contributed by atoms with van der Waals surface area (Å²) in [6.45, 7) is 11.5. The molecule has 0 aromatic carbocycles. The average molecular weight is 308 g/mol. The molecule has 124 valence electrons. The molecule has 0 radical (unpaired) electrons. The van der Waals surface area contributed by atoms with Gasteiger partial charge < -0.3 is 9.47 Å². The van der Waals surface area contributed by atoms with Gasteiger partial charge in [0.2, 0.25) is 0 Å². The van der Waals surface area contributed by atoms with Crippen molar-refractivity contribution in [1.29, 1.82) is 0 Å². The Morgan fingerprint density at radius 2 is 2.14 bits per heavy atom. The summed E-state index contributed by atoms with van der Waals surface area (Å²) in [6.07, 6.45) is 4.03. The van der Waals surface area contributed by atoms with Crippen LogP contribution in [0.15, 0.2) is 12.4 Å². The summed E-state index contributed by atoms with van der Waals surface area (Å²) < 4.78 is 13.9. The van der Waals surface area contributed by atoms with Crippen molar-refractivity contribution in [3.05, 3.63) is 18.0 Å². The van der Waals surface area contributed by atoms with Crippen LogP contribution in [0.2, 0.25) is 0 Å². The van der Waals surface area contributed by atoms with Gasteiger partial charge in [0.15, 0.2) is 0 Å². The first-order valence-corrected chi connectivity index (χ1v) is 8.22. The molecule has 3 heterocycles. The quantitative estimate of drug-likeness (QED) is 0.824. The van der Waals surface area contributed by atoms with Gasteiger partial charge in [0, 0.05) is 57.6 Å². The molecule has 1 aromatic heterocycles. The van der Waals surface area contributed by atoms with Crippen molar-refractivity contribution in [1.82, 2.24) is 19.6 Å². The van der Waals surface area contributed by atoms with Gasteiger partial charge in [0.1, 0.15) is 5.60 Å². The lowest BCUT2D eigenvalue weighted by Crippen LogP contribution is -2.59. The molecule has 0 bridgehead atoms. The van der Waals surface area contributed by atoms with E-state index in [4.69, 9.17) is 9.47 Å².